The summed E-state index contributed by atoms with van der Waals surface area (Å²) in [5.41, 5.74) is 2.57. The predicted octanol–water partition coefficient (Wildman–Crippen LogP) is 5.57. The third kappa shape index (κ3) is 4.75. The lowest BCUT2D eigenvalue weighted by molar-refractivity contribution is -0.113. The SMILES string of the molecule is C=CCn1c(SCC(=O)Nc2sc3c(c2C#N)CCC(C)C3)nnc1-c1cccc(Cl)c1. The van der Waals surface area contributed by atoms with Crippen molar-refractivity contribution in [2.45, 2.75) is 37.9 Å². The Morgan fingerprint density at radius 3 is 3.09 bits per heavy atom. The van der Waals surface area contributed by atoms with Crippen LogP contribution in [0, 0.1) is 17.2 Å². The van der Waals surface area contributed by atoms with Crippen LogP contribution in [0.25, 0.3) is 11.4 Å². The molecule has 0 saturated heterocycles. The van der Waals surface area contributed by atoms with Gasteiger partial charge in [0.2, 0.25) is 5.91 Å². The molecule has 1 aliphatic carbocycles. The monoisotopic (exact) mass is 483 g/mol. The van der Waals surface area contributed by atoms with Gasteiger partial charge >= 0.3 is 0 Å². The molecule has 0 saturated carbocycles. The van der Waals surface area contributed by atoms with E-state index in [2.05, 4.69) is 35.1 Å². The molecule has 0 fully saturated rings. The number of thioether (sulfide) groups is 1. The second-order valence-corrected chi connectivity index (χ2v) is 10.2. The van der Waals surface area contributed by atoms with E-state index in [9.17, 15) is 10.1 Å². The maximum atomic E-state index is 12.7. The first-order valence-electron chi connectivity index (χ1n) is 10.3. The van der Waals surface area contributed by atoms with Crippen molar-refractivity contribution >= 4 is 45.6 Å². The van der Waals surface area contributed by atoms with Crippen LogP contribution < -0.4 is 5.32 Å². The number of nitrogens with zero attached hydrogens (tertiary/aromatic N) is 4. The van der Waals surface area contributed by atoms with Crippen LogP contribution in [0.4, 0.5) is 5.00 Å². The van der Waals surface area contributed by atoms with Crippen LogP contribution in [-0.2, 0) is 24.2 Å². The summed E-state index contributed by atoms with van der Waals surface area (Å²) in [4.78, 5) is 13.9. The van der Waals surface area contributed by atoms with Crippen LogP contribution in [-0.4, -0.2) is 26.4 Å². The maximum absolute atomic E-state index is 12.7. The standard InChI is InChI=1S/C23H22ClN5OS2/c1-3-9-29-21(15-5-4-6-16(24)11-15)27-28-23(29)31-13-20(30)26-22-18(12-25)17-8-7-14(2)10-19(17)32-22/h3-6,11,14H,1,7-10,13H2,2H3,(H,26,30). The van der Waals surface area contributed by atoms with E-state index < -0.39 is 0 Å². The smallest absolute Gasteiger partial charge is 0.235 e. The van der Waals surface area contributed by atoms with E-state index in [1.165, 1.54) is 28.0 Å². The molecule has 1 N–H and O–H groups in total. The van der Waals surface area contributed by atoms with Crippen LogP contribution in [0.1, 0.15) is 29.3 Å². The number of fused-ring (bicyclic) bond motifs is 1. The summed E-state index contributed by atoms with van der Waals surface area (Å²) in [6, 6.07) is 9.70. The lowest BCUT2D eigenvalue weighted by Gasteiger charge is -2.17. The number of carbonyl (C=O) groups is 1. The lowest BCUT2D eigenvalue weighted by Crippen LogP contribution is -2.15. The number of carbonyl (C=O) groups excluding carboxylic acids is 1. The normalized spacial score (nSPS) is 15.1. The number of hydrogen-bond acceptors (Lipinski definition) is 6. The molecule has 1 amide bonds. The molecule has 2 heterocycles. The first kappa shape index (κ1) is 22.6. The summed E-state index contributed by atoms with van der Waals surface area (Å²) in [6.45, 7) is 6.55. The Balaban J connectivity index is 1.48. The zero-order chi connectivity index (χ0) is 22.7. The molecule has 32 heavy (non-hydrogen) atoms. The number of nitrogens with one attached hydrogen (secondary N) is 1. The lowest BCUT2D eigenvalue weighted by atomic mass is 9.89. The van der Waals surface area contributed by atoms with Crippen molar-refractivity contribution in [2.75, 3.05) is 11.1 Å². The second kappa shape index (κ2) is 9.90. The van der Waals surface area contributed by atoms with Crippen LogP contribution in [0.2, 0.25) is 5.02 Å². The number of anilines is 1. The minimum absolute atomic E-state index is 0.161. The van der Waals surface area contributed by atoms with Crippen molar-refractivity contribution in [3.63, 3.8) is 0 Å². The van der Waals surface area contributed by atoms with Gasteiger partial charge in [0, 0.05) is 22.0 Å². The molecule has 0 aliphatic heterocycles. The van der Waals surface area contributed by atoms with Crippen LogP contribution in [0.3, 0.4) is 0 Å². The summed E-state index contributed by atoms with van der Waals surface area (Å²) in [5, 5.41) is 23.0. The topological polar surface area (TPSA) is 83.6 Å². The van der Waals surface area contributed by atoms with E-state index >= 15 is 0 Å². The average molecular weight is 484 g/mol. The molecule has 9 heteroatoms. The summed E-state index contributed by atoms with van der Waals surface area (Å²) >= 11 is 8.96. The van der Waals surface area contributed by atoms with Gasteiger partial charge in [-0.2, -0.15) is 5.26 Å². The first-order valence-corrected chi connectivity index (χ1v) is 12.5. The Kier molecular flexibility index (Phi) is 6.99. The molecule has 1 aliphatic rings. The summed E-state index contributed by atoms with van der Waals surface area (Å²) in [7, 11) is 0. The molecule has 3 aromatic rings. The molecule has 1 unspecified atom stereocenters. The third-order valence-corrected chi connectivity index (χ3v) is 7.69. The van der Waals surface area contributed by atoms with E-state index in [1.807, 2.05) is 22.8 Å². The first-order chi connectivity index (χ1) is 15.5. The van der Waals surface area contributed by atoms with E-state index in [4.69, 9.17) is 11.6 Å². The van der Waals surface area contributed by atoms with Gasteiger partial charge in [0.1, 0.15) is 11.1 Å². The molecule has 2 aromatic heterocycles. The van der Waals surface area contributed by atoms with Gasteiger partial charge < -0.3 is 5.32 Å². The van der Waals surface area contributed by atoms with Gasteiger partial charge in [-0.1, -0.05) is 48.5 Å². The number of aromatic nitrogens is 3. The van der Waals surface area contributed by atoms with E-state index in [1.54, 1.807) is 12.1 Å². The van der Waals surface area contributed by atoms with Gasteiger partial charge in [-0.3, -0.25) is 9.36 Å². The molecule has 0 spiro atoms. The number of amides is 1. The number of benzene rings is 1. The molecule has 4 rings (SSSR count). The molecule has 1 atom stereocenters. The zero-order valence-corrected chi connectivity index (χ0v) is 20.0. The minimum Gasteiger partial charge on any atom is -0.316 e. The largest absolute Gasteiger partial charge is 0.316 e. The Morgan fingerprint density at radius 1 is 1.50 bits per heavy atom. The number of allylic oxidation sites excluding steroid dienone is 1. The van der Waals surface area contributed by atoms with Gasteiger partial charge in [-0.15, -0.1) is 28.1 Å². The van der Waals surface area contributed by atoms with Crippen molar-refractivity contribution in [1.82, 2.24) is 14.8 Å². The van der Waals surface area contributed by atoms with Crippen molar-refractivity contribution in [3.8, 4) is 17.5 Å². The van der Waals surface area contributed by atoms with Gasteiger partial charge in [0.15, 0.2) is 11.0 Å². The van der Waals surface area contributed by atoms with Crippen molar-refractivity contribution in [1.29, 1.82) is 5.26 Å². The number of nitriles is 1. The van der Waals surface area contributed by atoms with E-state index in [0.29, 0.717) is 39.0 Å². The predicted molar refractivity (Wildman–Crippen MR) is 130 cm³/mol. The van der Waals surface area contributed by atoms with Crippen molar-refractivity contribution < 1.29 is 4.79 Å². The third-order valence-electron chi connectivity index (χ3n) is 5.32. The van der Waals surface area contributed by atoms with Crippen LogP contribution in [0.15, 0.2) is 42.1 Å². The van der Waals surface area contributed by atoms with Crippen molar-refractivity contribution in [3.05, 3.63) is 57.9 Å². The second-order valence-electron chi connectivity index (χ2n) is 7.72. The van der Waals surface area contributed by atoms with Gasteiger partial charge in [0.25, 0.3) is 0 Å². The van der Waals surface area contributed by atoms with E-state index in [0.717, 1.165) is 30.4 Å². The highest BCUT2D eigenvalue weighted by Gasteiger charge is 2.25. The fourth-order valence-corrected chi connectivity index (χ4v) is 6.10. The average Bonchev–Trinajstić information content (AvgIpc) is 3.32. The zero-order valence-electron chi connectivity index (χ0n) is 17.6. The fraction of sp³-hybridized carbons (Fsp3) is 0.304. The van der Waals surface area contributed by atoms with E-state index in [-0.39, 0.29) is 11.7 Å². The van der Waals surface area contributed by atoms with Gasteiger partial charge in [-0.25, -0.2) is 0 Å². The highest BCUT2D eigenvalue weighted by molar-refractivity contribution is 7.99. The molecule has 0 radical (unpaired) electrons. The highest BCUT2D eigenvalue weighted by Crippen LogP contribution is 2.39. The number of thiophene rings is 1. The van der Waals surface area contributed by atoms with Crippen molar-refractivity contribution in [2.24, 2.45) is 5.92 Å². The fourth-order valence-electron chi connectivity index (χ4n) is 3.78. The Labute approximate surface area is 200 Å². The summed E-state index contributed by atoms with van der Waals surface area (Å²) in [6.07, 6.45) is 4.71. The highest BCUT2D eigenvalue weighted by atomic mass is 35.5. The summed E-state index contributed by atoms with van der Waals surface area (Å²) in [5.74, 6) is 1.27. The Bertz CT molecular complexity index is 1210. The molecule has 1 aromatic carbocycles. The Hall–Kier alpha value is -2.60. The number of hydrogen-bond donors (Lipinski definition) is 1. The number of rotatable bonds is 7. The molecular weight excluding hydrogens is 462 g/mol. The minimum atomic E-state index is -0.171. The number of halogens is 1. The maximum Gasteiger partial charge on any atom is 0.235 e. The molecule has 6 nitrogen and oxygen atoms in total. The quantitative estimate of drug-likeness (QED) is 0.350. The molecule has 0 bridgehead atoms. The van der Waals surface area contributed by atoms with Crippen LogP contribution in [0.5, 0.6) is 0 Å². The summed E-state index contributed by atoms with van der Waals surface area (Å²) < 4.78 is 1.91. The Morgan fingerprint density at radius 2 is 2.34 bits per heavy atom. The van der Waals surface area contributed by atoms with Gasteiger partial charge in [0.05, 0.1) is 11.3 Å². The van der Waals surface area contributed by atoms with Crippen LogP contribution >= 0.6 is 34.7 Å². The molecular formula is C23H22ClN5OS2. The molecule has 164 valence electrons. The van der Waals surface area contributed by atoms with Gasteiger partial charge in [-0.05, 0) is 42.9 Å².